The first-order valence-electron chi connectivity index (χ1n) is 21.9. The maximum atomic E-state index is 13.6. The number of sulfone groups is 1. The summed E-state index contributed by atoms with van der Waals surface area (Å²) in [7, 11) is -3.25. The highest BCUT2D eigenvalue weighted by atomic mass is 32.2. The summed E-state index contributed by atoms with van der Waals surface area (Å²) in [4.78, 5) is 37.9. The zero-order valence-corrected chi connectivity index (χ0v) is 33.4. The van der Waals surface area contributed by atoms with Gasteiger partial charge >= 0.3 is 18.2 Å². The number of carbonyl (C=O) groups is 3. The van der Waals surface area contributed by atoms with Gasteiger partial charge in [0.05, 0.1) is 10.5 Å². The van der Waals surface area contributed by atoms with Crippen molar-refractivity contribution < 1.29 is 27.5 Å². The monoisotopic (exact) mass is 762 g/mol. The second kappa shape index (κ2) is 19.6. The third kappa shape index (κ3) is 12.4. The summed E-state index contributed by atoms with van der Waals surface area (Å²) in [6.07, 6.45) is 25.0. The van der Waals surface area contributed by atoms with Crippen molar-refractivity contribution in [1.29, 1.82) is 0 Å². The fourth-order valence-electron chi connectivity index (χ4n) is 10.7. The first-order valence-corrected chi connectivity index (χ1v) is 23.5. The molecular formula is C41H71N5O6S. The Morgan fingerprint density at radius 3 is 1.25 bits per heavy atom. The van der Waals surface area contributed by atoms with Crippen molar-refractivity contribution >= 4 is 28.0 Å². The van der Waals surface area contributed by atoms with E-state index in [9.17, 15) is 22.8 Å². The molecule has 0 saturated heterocycles. The molecule has 53 heavy (non-hydrogen) atoms. The molecular weight excluding hydrogens is 691 g/mol. The normalized spacial score (nSPS) is 36.0. The summed E-state index contributed by atoms with van der Waals surface area (Å²) in [5.41, 5.74) is 0. The molecule has 11 nitrogen and oxygen atoms in total. The van der Waals surface area contributed by atoms with Crippen LogP contribution in [0.4, 0.5) is 14.4 Å². The predicted molar refractivity (Wildman–Crippen MR) is 208 cm³/mol. The molecule has 0 spiro atoms. The van der Waals surface area contributed by atoms with Crippen LogP contribution < -0.4 is 26.6 Å². The summed E-state index contributed by atoms with van der Waals surface area (Å²) in [5.74, 6) is 2.17. The average Bonchev–Trinajstić information content (AvgIpc) is 3.15. The van der Waals surface area contributed by atoms with Gasteiger partial charge in [0.25, 0.3) is 0 Å². The van der Waals surface area contributed by atoms with E-state index in [2.05, 4.69) is 33.5 Å². The Morgan fingerprint density at radius 2 is 0.830 bits per heavy atom. The minimum absolute atomic E-state index is 0.0161. The second-order valence-electron chi connectivity index (χ2n) is 18.2. The van der Waals surface area contributed by atoms with Crippen LogP contribution in [0.25, 0.3) is 0 Å². The lowest BCUT2D eigenvalue weighted by molar-refractivity contribution is 0.0704. The van der Waals surface area contributed by atoms with Crippen molar-refractivity contribution in [3.8, 4) is 0 Å². The Kier molecular flexibility index (Phi) is 14.9. The van der Waals surface area contributed by atoms with Gasteiger partial charge in [-0.05, 0) is 178 Å². The molecule has 6 rings (SSSR count). The van der Waals surface area contributed by atoms with Crippen LogP contribution in [0, 0.1) is 17.8 Å². The number of hydrogen-bond donors (Lipinski definition) is 5. The first kappa shape index (κ1) is 40.4. The number of nitrogens with one attached hydrogen (secondary N) is 5. The topological polar surface area (TPSA) is 155 Å². The lowest BCUT2D eigenvalue weighted by Gasteiger charge is -2.35. The summed E-state index contributed by atoms with van der Waals surface area (Å²) in [5, 5.41) is 15.1. The Labute approximate surface area is 319 Å². The van der Waals surface area contributed by atoms with E-state index >= 15 is 0 Å². The van der Waals surface area contributed by atoms with Gasteiger partial charge in [0.1, 0.15) is 6.10 Å². The molecule has 0 radical (unpaired) electrons. The highest BCUT2D eigenvalue weighted by molar-refractivity contribution is 7.92. The van der Waals surface area contributed by atoms with E-state index in [4.69, 9.17) is 4.74 Å². The van der Waals surface area contributed by atoms with Crippen LogP contribution >= 0.6 is 0 Å². The van der Waals surface area contributed by atoms with Crippen LogP contribution in [0.1, 0.15) is 174 Å². The molecule has 0 unspecified atom stereocenters. The molecule has 0 aromatic rings. The van der Waals surface area contributed by atoms with Gasteiger partial charge in [0.2, 0.25) is 0 Å². The first-order chi connectivity index (χ1) is 25.6. The second-order valence-corrected chi connectivity index (χ2v) is 20.7. The molecule has 5 amide bonds. The summed E-state index contributed by atoms with van der Waals surface area (Å²) >= 11 is 0. The molecule has 5 N–H and O–H groups in total. The number of amides is 5. The van der Waals surface area contributed by atoms with Crippen LogP contribution in [-0.2, 0) is 14.6 Å². The predicted octanol–water partition coefficient (Wildman–Crippen LogP) is 7.77. The molecule has 6 saturated carbocycles. The van der Waals surface area contributed by atoms with Gasteiger partial charge in [0.15, 0.2) is 9.84 Å². The number of ether oxygens (including phenoxy) is 1. The fourth-order valence-corrected chi connectivity index (χ4v) is 13.1. The summed E-state index contributed by atoms with van der Waals surface area (Å²) in [6.45, 7) is 2.27. The van der Waals surface area contributed by atoms with E-state index in [1.54, 1.807) is 0 Å². The van der Waals surface area contributed by atoms with Gasteiger partial charge in [-0.1, -0.05) is 13.3 Å². The number of rotatable bonds is 10. The standard InChI is InChI=1S/C41H71N5O6S/c1-28-7-13-31(14-8-28)42-39(47)44-33-19-23-37(24-20-33)53(50,51)38-25-21-34(22-26-38)45-40(48)43-32-15-9-29(10-16-32)27-30-11-17-35(18-12-30)46-41(49)52-36-5-3-2-4-6-36/h28-38H,2-27H2,1H3,(H,46,49)(H2,42,44,47)(H2,43,45,48). The van der Waals surface area contributed by atoms with E-state index in [0.29, 0.717) is 57.3 Å². The van der Waals surface area contributed by atoms with Crippen LogP contribution in [0.15, 0.2) is 0 Å². The third-order valence-electron chi connectivity index (χ3n) is 14.1. The largest absolute Gasteiger partial charge is 0.446 e. The SMILES string of the molecule is CC1CCC(NC(=O)NC2CCC(S(=O)(=O)C3CCC(NC(=O)NC4CCC(CC5CCC(NC(=O)OC6CCCCC6)CC5)CC4)CC3)CC2)CC1. The van der Waals surface area contributed by atoms with Crippen molar-refractivity contribution in [3.63, 3.8) is 0 Å². The summed E-state index contributed by atoms with van der Waals surface area (Å²) < 4.78 is 32.9. The molecule has 0 aromatic carbocycles. The Bertz CT molecular complexity index is 1270. The van der Waals surface area contributed by atoms with E-state index in [1.807, 2.05) is 0 Å². The van der Waals surface area contributed by atoms with Crippen molar-refractivity contribution in [3.05, 3.63) is 0 Å². The van der Waals surface area contributed by atoms with Crippen LogP contribution in [0.2, 0.25) is 0 Å². The molecule has 12 heteroatoms. The number of urea groups is 2. The average molecular weight is 762 g/mol. The molecule has 302 valence electrons. The van der Waals surface area contributed by atoms with Gasteiger partial charge in [-0.15, -0.1) is 0 Å². The van der Waals surface area contributed by atoms with Crippen LogP contribution in [-0.4, -0.2) is 73.4 Å². The minimum Gasteiger partial charge on any atom is -0.446 e. The molecule has 0 heterocycles. The van der Waals surface area contributed by atoms with Crippen molar-refractivity contribution in [1.82, 2.24) is 26.6 Å². The van der Waals surface area contributed by atoms with Gasteiger partial charge in [0, 0.05) is 30.2 Å². The van der Waals surface area contributed by atoms with Gasteiger partial charge in [-0.25, -0.2) is 22.8 Å². The van der Waals surface area contributed by atoms with Crippen LogP contribution in [0.5, 0.6) is 0 Å². The molecule has 0 atom stereocenters. The van der Waals surface area contributed by atoms with Crippen molar-refractivity contribution in [2.24, 2.45) is 17.8 Å². The van der Waals surface area contributed by atoms with E-state index < -0.39 is 9.84 Å². The van der Waals surface area contributed by atoms with E-state index in [1.165, 1.54) is 12.8 Å². The lowest BCUT2D eigenvalue weighted by Crippen LogP contribution is -2.50. The molecule has 6 fully saturated rings. The Balaban J connectivity index is 0.803. The van der Waals surface area contributed by atoms with E-state index in [0.717, 1.165) is 115 Å². The zero-order valence-electron chi connectivity index (χ0n) is 32.6. The number of carbonyl (C=O) groups excluding carboxylic acids is 3. The van der Waals surface area contributed by atoms with Gasteiger partial charge < -0.3 is 31.3 Å². The Morgan fingerprint density at radius 1 is 0.472 bits per heavy atom. The molecule has 6 aliphatic rings. The fraction of sp³-hybridized carbons (Fsp3) is 0.927. The highest BCUT2D eigenvalue weighted by Crippen LogP contribution is 2.36. The number of hydrogen-bond acceptors (Lipinski definition) is 6. The maximum absolute atomic E-state index is 13.6. The smallest absolute Gasteiger partial charge is 0.407 e. The third-order valence-corrected chi connectivity index (χ3v) is 16.9. The van der Waals surface area contributed by atoms with Crippen molar-refractivity contribution in [2.45, 2.75) is 221 Å². The molecule has 0 aromatic heterocycles. The van der Waals surface area contributed by atoms with Gasteiger partial charge in [-0.3, -0.25) is 0 Å². The van der Waals surface area contributed by atoms with E-state index in [-0.39, 0.29) is 65.0 Å². The summed E-state index contributed by atoms with van der Waals surface area (Å²) in [6, 6.07) is 0.528. The molecule has 0 aliphatic heterocycles. The quantitative estimate of drug-likeness (QED) is 0.153. The van der Waals surface area contributed by atoms with Gasteiger partial charge in [-0.2, -0.15) is 0 Å². The lowest BCUT2D eigenvalue weighted by atomic mass is 9.76. The number of alkyl carbamates (subject to hydrolysis) is 1. The minimum atomic E-state index is -3.25. The zero-order chi connectivity index (χ0) is 37.2. The molecule has 0 bridgehead atoms. The molecule has 6 aliphatic carbocycles. The maximum Gasteiger partial charge on any atom is 0.407 e. The van der Waals surface area contributed by atoms with Crippen LogP contribution in [0.3, 0.4) is 0 Å². The highest BCUT2D eigenvalue weighted by Gasteiger charge is 2.39. The van der Waals surface area contributed by atoms with Crippen molar-refractivity contribution in [2.75, 3.05) is 0 Å². The Hall–Kier alpha value is -2.24.